The van der Waals surface area contributed by atoms with E-state index in [-0.39, 0.29) is 6.61 Å². The van der Waals surface area contributed by atoms with Crippen molar-refractivity contribution in [2.24, 2.45) is 0 Å². The lowest BCUT2D eigenvalue weighted by atomic mass is 10.4. The van der Waals surface area contributed by atoms with Gasteiger partial charge in [0, 0.05) is 18.8 Å². The molecule has 0 aromatic carbocycles. The van der Waals surface area contributed by atoms with Gasteiger partial charge in [0.15, 0.2) is 0 Å². The van der Waals surface area contributed by atoms with Crippen LogP contribution in [0.5, 0.6) is 0 Å². The Hall–Kier alpha value is 0.270. The van der Waals surface area contributed by atoms with Crippen molar-refractivity contribution in [3.63, 3.8) is 0 Å². The van der Waals surface area contributed by atoms with Crippen LogP contribution in [0.3, 0.4) is 0 Å². The lowest BCUT2D eigenvalue weighted by Crippen LogP contribution is -2.29. The average Bonchev–Trinajstić information content (AvgIpc) is 2.01. The number of aliphatic hydroxyl groups excluding tert-OH is 1. The number of aliphatic hydroxyl groups is 1. The molecule has 0 heterocycles. The summed E-state index contributed by atoms with van der Waals surface area (Å²) >= 11 is 1.86. The monoisotopic (exact) mass is 177 g/mol. The van der Waals surface area contributed by atoms with Crippen LogP contribution in [0.2, 0.25) is 0 Å². The van der Waals surface area contributed by atoms with Crippen molar-refractivity contribution >= 4 is 11.8 Å². The first kappa shape index (κ1) is 11.3. The molecule has 68 valence electrons. The molecule has 0 saturated heterocycles. The Morgan fingerprint density at radius 3 is 2.45 bits per heavy atom. The second-order valence-electron chi connectivity index (χ2n) is 2.56. The van der Waals surface area contributed by atoms with Crippen LogP contribution in [-0.4, -0.2) is 48.3 Å². The van der Waals surface area contributed by atoms with Gasteiger partial charge in [-0.25, -0.2) is 0 Å². The first-order chi connectivity index (χ1) is 5.35. The van der Waals surface area contributed by atoms with Gasteiger partial charge in [0.05, 0.1) is 6.61 Å². The minimum absolute atomic E-state index is 0.286. The predicted octanol–water partition coefficient (Wildman–Crippen LogP) is 1.05. The summed E-state index contributed by atoms with van der Waals surface area (Å²) in [5.74, 6) is 1.17. The standard InChI is InChI=1S/C8H19NOS/c1-3-4-9(5-7-10)6-8-11-2/h10H,3-8H2,1-2H3. The van der Waals surface area contributed by atoms with Gasteiger partial charge in [0.2, 0.25) is 0 Å². The molecule has 0 atom stereocenters. The molecule has 0 spiro atoms. The molecule has 0 aliphatic carbocycles. The Kier molecular flexibility index (Phi) is 8.57. The van der Waals surface area contributed by atoms with Gasteiger partial charge < -0.3 is 10.0 Å². The lowest BCUT2D eigenvalue weighted by molar-refractivity contribution is 0.203. The summed E-state index contributed by atoms with van der Waals surface area (Å²) in [5.41, 5.74) is 0. The first-order valence-electron chi connectivity index (χ1n) is 4.17. The van der Waals surface area contributed by atoms with Crippen molar-refractivity contribution in [3.8, 4) is 0 Å². The summed E-state index contributed by atoms with van der Waals surface area (Å²) in [4.78, 5) is 2.30. The van der Waals surface area contributed by atoms with E-state index in [2.05, 4.69) is 18.1 Å². The fourth-order valence-corrected chi connectivity index (χ4v) is 1.45. The van der Waals surface area contributed by atoms with E-state index in [4.69, 9.17) is 5.11 Å². The third-order valence-corrected chi connectivity index (χ3v) is 2.16. The van der Waals surface area contributed by atoms with Gasteiger partial charge in [-0.05, 0) is 19.2 Å². The van der Waals surface area contributed by atoms with Crippen molar-refractivity contribution in [1.82, 2.24) is 4.90 Å². The highest BCUT2D eigenvalue weighted by molar-refractivity contribution is 7.98. The van der Waals surface area contributed by atoms with Crippen LogP contribution in [-0.2, 0) is 0 Å². The van der Waals surface area contributed by atoms with Crippen LogP contribution < -0.4 is 0 Å². The Morgan fingerprint density at radius 2 is 2.00 bits per heavy atom. The summed E-state index contributed by atoms with van der Waals surface area (Å²) < 4.78 is 0. The van der Waals surface area contributed by atoms with Gasteiger partial charge in [0.1, 0.15) is 0 Å². The second kappa shape index (κ2) is 8.37. The van der Waals surface area contributed by atoms with E-state index in [0.717, 1.165) is 19.6 Å². The number of nitrogens with zero attached hydrogens (tertiary/aromatic N) is 1. The molecule has 0 saturated carbocycles. The van der Waals surface area contributed by atoms with Gasteiger partial charge in [-0.2, -0.15) is 11.8 Å². The molecule has 0 fully saturated rings. The maximum Gasteiger partial charge on any atom is 0.0558 e. The van der Waals surface area contributed by atoms with Gasteiger partial charge in [-0.3, -0.25) is 0 Å². The summed E-state index contributed by atoms with van der Waals surface area (Å²) in [6.07, 6.45) is 3.29. The summed E-state index contributed by atoms with van der Waals surface area (Å²) in [6, 6.07) is 0. The number of thioether (sulfide) groups is 1. The molecular formula is C8H19NOS. The van der Waals surface area contributed by atoms with Crippen LogP contribution in [0.15, 0.2) is 0 Å². The maximum absolute atomic E-state index is 8.71. The molecule has 11 heavy (non-hydrogen) atoms. The Balaban J connectivity index is 3.34. The van der Waals surface area contributed by atoms with Crippen molar-refractivity contribution in [3.05, 3.63) is 0 Å². The first-order valence-corrected chi connectivity index (χ1v) is 5.56. The van der Waals surface area contributed by atoms with E-state index < -0.39 is 0 Å². The van der Waals surface area contributed by atoms with E-state index in [1.54, 1.807) is 0 Å². The summed E-state index contributed by atoms with van der Waals surface area (Å²) in [6.45, 7) is 5.50. The van der Waals surface area contributed by atoms with Crippen molar-refractivity contribution in [2.75, 3.05) is 38.2 Å². The van der Waals surface area contributed by atoms with Gasteiger partial charge in [-0.15, -0.1) is 0 Å². The van der Waals surface area contributed by atoms with E-state index in [0.29, 0.717) is 0 Å². The van der Waals surface area contributed by atoms with Crippen LogP contribution in [0.25, 0.3) is 0 Å². The molecule has 0 aromatic rings. The van der Waals surface area contributed by atoms with Crippen LogP contribution in [0.1, 0.15) is 13.3 Å². The molecule has 0 radical (unpaired) electrons. The molecule has 1 N–H and O–H groups in total. The maximum atomic E-state index is 8.71. The van der Waals surface area contributed by atoms with Crippen molar-refractivity contribution < 1.29 is 5.11 Å². The molecule has 2 nitrogen and oxygen atoms in total. The average molecular weight is 177 g/mol. The lowest BCUT2D eigenvalue weighted by Gasteiger charge is -2.19. The highest BCUT2D eigenvalue weighted by Crippen LogP contribution is 1.96. The number of hydrogen-bond donors (Lipinski definition) is 1. The van der Waals surface area contributed by atoms with Crippen molar-refractivity contribution in [1.29, 1.82) is 0 Å². The fraction of sp³-hybridized carbons (Fsp3) is 1.00. The Bertz CT molecular complexity index is 74.5. The third kappa shape index (κ3) is 6.66. The molecule has 0 amide bonds. The summed E-state index contributed by atoms with van der Waals surface area (Å²) in [5, 5.41) is 8.71. The highest BCUT2D eigenvalue weighted by Gasteiger charge is 2.00. The molecule has 0 unspecified atom stereocenters. The van der Waals surface area contributed by atoms with Crippen LogP contribution in [0, 0.1) is 0 Å². The Morgan fingerprint density at radius 1 is 1.27 bits per heavy atom. The van der Waals surface area contributed by atoms with E-state index in [9.17, 15) is 0 Å². The van der Waals surface area contributed by atoms with Gasteiger partial charge >= 0.3 is 0 Å². The normalized spacial score (nSPS) is 10.9. The molecule has 0 bridgehead atoms. The zero-order valence-electron chi connectivity index (χ0n) is 7.55. The van der Waals surface area contributed by atoms with Crippen LogP contribution in [0.4, 0.5) is 0 Å². The van der Waals surface area contributed by atoms with E-state index in [1.165, 1.54) is 12.2 Å². The predicted molar refractivity (Wildman–Crippen MR) is 52.2 cm³/mol. The SMILES string of the molecule is CCCN(CCO)CCSC. The zero-order valence-corrected chi connectivity index (χ0v) is 8.36. The molecular weight excluding hydrogens is 158 g/mol. The smallest absolute Gasteiger partial charge is 0.0558 e. The quantitative estimate of drug-likeness (QED) is 0.629. The topological polar surface area (TPSA) is 23.5 Å². The number of hydrogen-bond acceptors (Lipinski definition) is 3. The Labute approximate surface area is 74.0 Å². The molecule has 0 aromatic heterocycles. The van der Waals surface area contributed by atoms with Gasteiger partial charge in [-0.1, -0.05) is 6.92 Å². The molecule has 0 aliphatic heterocycles. The number of rotatable bonds is 7. The third-order valence-electron chi connectivity index (χ3n) is 1.57. The minimum atomic E-state index is 0.286. The molecule has 3 heteroatoms. The zero-order chi connectivity index (χ0) is 8.53. The molecule has 0 aliphatic rings. The molecule has 0 rings (SSSR count). The van der Waals surface area contributed by atoms with E-state index >= 15 is 0 Å². The van der Waals surface area contributed by atoms with Crippen molar-refractivity contribution in [2.45, 2.75) is 13.3 Å². The van der Waals surface area contributed by atoms with Crippen LogP contribution >= 0.6 is 11.8 Å². The van der Waals surface area contributed by atoms with E-state index in [1.807, 2.05) is 11.8 Å². The largest absolute Gasteiger partial charge is 0.395 e. The fourth-order valence-electron chi connectivity index (χ4n) is 1.01. The highest BCUT2D eigenvalue weighted by atomic mass is 32.2. The second-order valence-corrected chi connectivity index (χ2v) is 3.54. The minimum Gasteiger partial charge on any atom is -0.395 e. The van der Waals surface area contributed by atoms with Gasteiger partial charge in [0.25, 0.3) is 0 Å². The summed E-state index contributed by atoms with van der Waals surface area (Å²) in [7, 11) is 0.